The van der Waals surface area contributed by atoms with Gasteiger partial charge in [0.2, 0.25) is 0 Å². The van der Waals surface area contributed by atoms with Gasteiger partial charge in [0.05, 0.1) is 0 Å². The summed E-state index contributed by atoms with van der Waals surface area (Å²) < 4.78 is 26.9. The minimum atomic E-state index is -0.513. The van der Waals surface area contributed by atoms with Gasteiger partial charge in [-0.1, -0.05) is 27.7 Å². The van der Waals surface area contributed by atoms with Gasteiger partial charge in [-0.05, 0) is 24.0 Å². The van der Waals surface area contributed by atoms with Gasteiger partial charge in [-0.15, -0.1) is 0 Å². The van der Waals surface area contributed by atoms with E-state index in [2.05, 4.69) is 37.9 Å². The van der Waals surface area contributed by atoms with E-state index in [-0.39, 0.29) is 11.5 Å². The van der Waals surface area contributed by atoms with Crippen LogP contribution in [0, 0.1) is 17.0 Å². The van der Waals surface area contributed by atoms with Crippen molar-refractivity contribution in [2.24, 2.45) is 5.41 Å². The predicted molar refractivity (Wildman–Crippen MR) is 79.0 cm³/mol. The molecule has 0 aliphatic carbocycles. The first-order valence-electron chi connectivity index (χ1n) is 7.27. The lowest BCUT2D eigenvalue weighted by atomic mass is 9.84. The van der Waals surface area contributed by atoms with Crippen LogP contribution in [-0.2, 0) is 0 Å². The molecule has 112 valence electrons. The quantitative estimate of drug-likeness (QED) is 0.892. The van der Waals surface area contributed by atoms with Crippen molar-refractivity contribution >= 4 is 5.69 Å². The van der Waals surface area contributed by atoms with Crippen LogP contribution in [0.3, 0.4) is 0 Å². The van der Waals surface area contributed by atoms with Crippen LogP contribution in [-0.4, -0.2) is 25.2 Å². The molecule has 1 aromatic carbocycles. The highest BCUT2D eigenvalue weighted by Crippen LogP contribution is 2.29. The summed E-state index contributed by atoms with van der Waals surface area (Å²) in [5.41, 5.74) is 0.758. The van der Waals surface area contributed by atoms with Crippen molar-refractivity contribution in [1.29, 1.82) is 0 Å². The zero-order valence-corrected chi connectivity index (χ0v) is 12.7. The molecule has 20 heavy (non-hydrogen) atoms. The van der Waals surface area contributed by atoms with Gasteiger partial charge in [0.15, 0.2) is 0 Å². The minimum absolute atomic E-state index is 0.114. The molecule has 1 aliphatic heterocycles. The van der Waals surface area contributed by atoms with Gasteiger partial charge in [-0.3, -0.25) is 0 Å². The van der Waals surface area contributed by atoms with Crippen molar-refractivity contribution in [1.82, 2.24) is 5.32 Å². The second-order valence-electron chi connectivity index (χ2n) is 6.67. The molecule has 4 heteroatoms. The van der Waals surface area contributed by atoms with Gasteiger partial charge in [0, 0.05) is 36.9 Å². The average molecular weight is 282 g/mol. The summed E-state index contributed by atoms with van der Waals surface area (Å²) in [4.78, 5) is 2.14. The Morgan fingerprint density at radius 1 is 1.20 bits per heavy atom. The summed E-state index contributed by atoms with van der Waals surface area (Å²) in [5, 5.41) is 3.56. The molecule has 0 bridgehead atoms. The van der Waals surface area contributed by atoms with Gasteiger partial charge in [0.1, 0.15) is 11.6 Å². The molecule has 1 aliphatic rings. The Balaban J connectivity index is 2.29. The van der Waals surface area contributed by atoms with E-state index in [1.807, 2.05) is 0 Å². The van der Waals surface area contributed by atoms with Gasteiger partial charge in [-0.25, -0.2) is 8.78 Å². The molecule has 2 atom stereocenters. The number of nitrogens with zero attached hydrogens (tertiary/aromatic N) is 1. The number of piperazine rings is 1. The predicted octanol–water partition coefficient (Wildman–Crippen LogP) is 3.57. The zero-order valence-electron chi connectivity index (χ0n) is 12.7. The molecule has 0 saturated carbocycles. The van der Waals surface area contributed by atoms with Crippen molar-refractivity contribution < 1.29 is 8.78 Å². The van der Waals surface area contributed by atoms with Gasteiger partial charge in [-0.2, -0.15) is 0 Å². The second kappa shape index (κ2) is 5.68. The Morgan fingerprint density at radius 2 is 1.80 bits per heavy atom. The number of benzene rings is 1. The molecule has 1 saturated heterocycles. The van der Waals surface area contributed by atoms with E-state index in [1.165, 1.54) is 12.1 Å². The monoisotopic (exact) mass is 282 g/mol. The molecule has 1 aromatic rings. The van der Waals surface area contributed by atoms with E-state index >= 15 is 0 Å². The maximum Gasteiger partial charge on any atom is 0.128 e. The molecule has 0 amide bonds. The summed E-state index contributed by atoms with van der Waals surface area (Å²) in [7, 11) is 0. The lowest BCUT2D eigenvalue weighted by Gasteiger charge is -2.46. The Morgan fingerprint density at radius 3 is 2.30 bits per heavy atom. The van der Waals surface area contributed by atoms with Crippen LogP contribution < -0.4 is 10.2 Å². The van der Waals surface area contributed by atoms with Crippen LogP contribution in [0.2, 0.25) is 0 Å². The van der Waals surface area contributed by atoms with Crippen molar-refractivity contribution in [3.05, 3.63) is 29.8 Å². The van der Waals surface area contributed by atoms with Crippen molar-refractivity contribution in [2.75, 3.05) is 18.0 Å². The SMILES string of the molecule is CCC1CNC(C(C)(C)C)CN1c1cc(F)cc(F)c1. The highest BCUT2D eigenvalue weighted by molar-refractivity contribution is 5.49. The van der Waals surface area contributed by atoms with Gasteiger partial charge >= 0.3 is 0 Å². The molecule has 2 rings (SSSR count). The molecular formula is C16H24F2N2. The van der Waals surface area contributed by atoms with E-state index in [0.29, 0.717) is 11.7 Å². The van der Waals surface area contributed by atoms with E-state index < -0.39 is 11.6 Å². The summed E-state index contributed by atoms with van der Waals surface area (Å²) in [6, 6.07) is 4.35. The van der Waals surface area contributed by atoms with Crippen LogP contribution in [0.1, 0.15) is 34.1 Å². The maximum absolute atomic E-state index is 13.5. The van der Waals surface area contributed by atoms with Crippen molar-refractivity contribution in [3.8, 4) is 0 Å². The molecule has 1 N–H and O–H groups in total. The average Bonchev–Trinajstić information content (AvgIpc) is 2.35. The fourth-order valence-corrected chi connectivity index (χ4v) is 2.76. The fraction of sp³-hybridized carbons (Fsp3) is 0.625. The first-order chi connectivity index (χ1) is 9.31. The molecule has 0 aromatic heterocycles. The van der Waals surface area contributed by atoms with E-state index in [0.717, 1.165) is 25.6 Å². The number of halogens is 2. The van der Waals surface area contributed by atoms with Crippen LogP contribution in [0.5, 0.6) is 0 Å². The lowest BCUT2D eigenvalue weighted by molar-refractivity contribution is 0.233. The van der Waals surface area contributed by atoms with Crippen LogP contribution in [0.4, 0.5) is 14.5 Å². The smallest absolute Gasteiger partial charge is 0.128 e. The summed E-state index contributed by atoms with van der Waals surface area (Å²) in [5.74, 6) is -1.03. The molecule has 2 unspecified atom stereocenters. The molecule has 1 heterocycles. The highest BCUT2D eigenvalue weighted by atomic mass is 19.1. The van der Waals surface area contributed by atoms with Crippen molar-refractivity contribution in [2.45, 2.75) is 46.2 Å². The summed E-state index contributed by atoms with van der Waals surface area (Å²) in [6.07, 6.45) is 0.946. The van der Waals surface area contributed by atoms with Crippen LogP contribution >= 0.6 is 0 Å². The number of hydrogen-bond donors (Lipinski definition) is 1. The van der Waals surface area contributed by atoms with E-state index in [1.54, 1.807) is 0 Å². The number of rotatable bonds is 2. The maximum atomic E-state index is 13.5. The lowest BCUT2D eigenvalue weighted by Crippen LogP contribution is -2.60. The molecular weight excluding hydrogens is 258 g/mol. The van der Waals surface area contributed by atoms with E-state index in [9.17, 15) is 8.78 Å². The van der Waals surface area contributed by atoms with E-state index in [4.69, 9.17) is 0 Å². The second-order valence-corrected chi connectivity index (χ2v) is 6.67. The normalized spacial score (nSPS) is 24.0. The Hall–Kier alpha value is -1.16. The number of anilines is 1. The molecule has 1 fully saturated rings. The summed E-state index contributed by atoms with van der Waals surface area (Å²) >= 11 is 0. The van der Waals surface area contributed by atoms with Crippen molar-refractivity contribution in [3.63, 3.8) is 0 Å². The number of hydrogen-bond acceptors (Lipinski definition) is 2. The summed E-state index contributed by atoms with van der Waals surface area (Å²) in [6.45, 7) is 10.3. The first kappa shape index (κ1) is 15.2. The Labute approximate surface area is 120 Å². The Kier molecular flexibility index (Phi) is 4.33. The standard InChI is InChI=1S/C16H24F2N2/c1-5-13-9-19-15(16(2,3)4)10-20(13)14-7-11(17)6-12(18)8-14/h6-8,13,15,19H,5,9-10H2,1-4H3. The largest absolute Gasteiger partial charge is 0.366 e. The molecule has 0 spiro atoms. The zero-order chi connectivity index (χ0) is 14.9. The number of nitrogens with one attached hydrogen (secondary N) is 1. The topological polar surface area (TPSA) is 15.3 Å². The minimum Gasteiger partial charge on any atom is -0.366 e. The molecule has 0 radical (unpaired) electrons. The third kappa shape index (κ3) is 3.29. The van der Waals surface area contributed by atoms with Gasteiger partial charge in [0.25, 0.3) is 0 Å². The Bertz CT molecular complexity index is 448. The van der Waals surface area contributed by atoms with Crippen LogP contribution in [0.15, 0.2) is 18.2 Å². The van der Waals surface area contributed by atoms with Gasteiger partial charge < -0.3 is 10.2 Å². The fourth-order valence-electron chi connectivity index (χ4n) is 2.76. The third-order valence-electron chi connectivity index (χ3n) is 4.12. The molecule has 2 nitrogen and oxygen atoms in total. The van der Waals surface area contributed by atoms with Crippen LogP contribution in [0.25, 0.3) is 0 Å². The first-order valence-corrected chi connectivity index (χ1v) is 7.27. The third-order valence-corrected chi connectivity index (χ3v) is 4.12. The highest BCUT2D eigenvalue weighted by Gasteiger charge is 2.33.